The molecule has 0 amide bonds. The average Bonchev–Trinajstić information content (AvgIpc) is 3.58. The summed E-state index contributed by atoms with van der Waals surface area (Å²) in [6.07, 6.45) is 0.845. The zero-order valence-corrected chi connectivity index (χ0v) is 20.5. The molecule has 1 aliphatic carbocycles. The fourth-order valence-electron chi connectivity index (χ4n) is 3.81. The molecule has 10 heteroatoms. The minimum atomic E-state index is -1.10. The zero-order chi connectivity index (χ0) is 25.3. The van der Waals surface area contributed by atoms with E-state index in [1.807, 2.05) is 32.9 Å². The van der Waals surface area contributed by atoms with Gasteiger partial charge in [-0.2, -0.15) is 4.98 Å². The quantitative estimate of drug-likeness (QED) is 0.461. The Morgan fingerprint density at radius 2 is 1.86 bits per heavy atom. The van der Waals surface area contributed by atoms with Crippen LogP contribution in [0.5, 0.6) is 5.75 Å². The van der Waals surface area contributed by atoms with Gasteiger partial charge in [-0.3, -0.25) is 9.36 Å². The number of aliphatic carboxylic acids is 1. The second-order valence-electron chi connectivity index (χ2n) is 9.16. The van der Waals surface area contributed by atoms with Gasteiger partial charge in [-0.05, 0) is 75.1 Å². The lowest BCUT2D eigenvalue weighted by Gasteiger charge is -2.18. The molecule has 0 aliphatic heterocycles. The lowest BCUT2D eigenvalue weighted by molar-refractivity contribution is -0.143. The van der Waals surface area contributed by atoms with E-state index in [1.54, 1.807) is 30.3 Å². The first-order chi connectivity index (χ1) is 16.6. The van der Waals surface area contributed by atoms with Gasteiger partial charge < -0.3 is 15.2 Å². The second-order valence-corrected chi connectivity index (χ2v) is 9.59. The van der Waals surface area contributed by atoms with E-state index in [2.05, 4.69) is 10.3 Å². The van der Waals surface area contributed by atoms with Gasteiger partial charge in [0.2, 0.25) is 5.95 Å². The Morgan fingerprint density at radius 1 is 1.17 bits per heavy atom. The van der Waals surface area contributed by atoms with Gasteiger partial charge in [0.05, 0.1) is 18.1 Å². The highest BCUT2D eigenvalue weighted by atomic mass is 35.5. The van der Waals surface area contributed by atoms with E-state index in [1.165, 1.54) is 4.57 Å². The average molecular weight is 499 g/mol. The highest BCUT2D eigenvalue weighted by molar-refractivity contribution is 6.30. The maximum absolute atomic E-state index is 13.4. The fourth-order valence-corrected chi connectivity index (χ4v) is 3.94. The number of hydrogen-bond acceptors (Lipinski definition) is 6. The van der Waals surface area contributed by atoms with Crippen LogP contribution in [-0.4, -0.2) is 31.3 Å². The molecule has 9 nitrogen and oxygen atoms in total. The first kappa shape index (κ1) is 24.5. The molecule has 3 aromatic rings. The highest BCUT2D eigenvalue weighted by Gasteiger charge is 2.51. The van der Waals surface area contributed by atoms with E-state index in [4.69, 9.17) is 16.3 Å². The van der Waals surface area contributed by atoms with Crippen molar-refractivity contribution >= 4 is 29.2 Å². The van der Waals surface area contributed by atoms with Gasteiger partial charge in [0.15, 0.2) is 0 Å². The zero-order valence-electron chi connectivity index (χ0n) is 19.7. The number of carboxylic acid groups (broad SMARTS) is 1. The lowest BCUT2D eigenvalue weighted by atomic mass is 10.1. The minimum Gasteiger partial charge on any atom is -0.491 e. The Hall–Kier alpha value is -3.59. The van der Waals surface area contributed by atoms with Crippen molar-refractivity contribution in [1.29, 1.82) is 0 Å². The Morgan fingerprint density at radius 3 is 2.43 bits per heavy atom. The summed E-state index contributed by atoms with van der Waals surface area (Å²) in [4.78, 5) is 42.1. The van der Waals surface area contributed by atoms with Crippen molar-refractivity contribution in [2.45, 2.75) is 52.8 Å². The van der Waals surface area contributed by atoms with Gasteiger partial charge in [-0.25, -0.2) is 14.2 Å². The number of aromatic nitrogens is 3. The molecule has 1 saturated carbocycles. The monoisotopic (exact) mass is 498 g/mol. The molecule has 4 rings (SSSR count). The van der Waals surface area contributed by atoms with Gasteiger partial charge in [0, 0.05) is 17.3 Å². The van der Waals surface area contributed by atoms with E-state index >= 15 is 0 Å². The van der Waals surface area contributed by atoms with Gasteiger partial charge in [0.1, 0.15) is 5.75 Å². The number of nitrogens with zero attached hydrogens (tertiary/aromatic N) is 3. The molecule has 1 aromatic heterocycles. The molecule has 0 spiro atoms. The first-order valence-electron chi connectivity index (χ1n) is 11.3. The third-order valence-corrected chi connectivity index (χ3v) is 6.22. The molecule has 1 aliphatic rings. The van der Waals surface area contributed by atoms with E-state index in [-0.39, 0.29) is 25.1 Å². The van der Waals surface area contributed by atoms with Crippen molar-refractivity contribution in [3.05, 3.63) is 79.6 Å². The van der Waals surface area contributed by atoms with Crippen LogP contribution in [0.1, 0.15) is 37.8 Å². The summed E-state index contributed by atoms with van der Waals surface area (Å²) in [5, 5.41) is 13.2. The summed E-state index contributed by atoms with van der Waals surface area (Å²) in [6.45, 7) is 5.68. The molecule has 35 heavy (non-hydrogen) atoms. The summed E-state index contributed by atoms with van der Waals surface area (Å²) in [7, 11) is 0. The van der Waals surface area contributed by atoms with Crippen molar-refractivity contribution in [1.82, 2.24) is 14.1 Å². The Bertz CT molecular complexity index is 1370. The van der Waals surface area contributed by atoms with Gasteiger partial charge in [-0.15, -0.1) is 0 Å². The van der Waals surface area contributed by atoms with Crippen LogP contribution < -0.4 is 21.4 Å². The molecule has 2 aromatic carbocycles. The standard InChI is InChI=1S/C25H27ClN4O5/c1-15(2)35-20-9-8-19(12-16(20)3)27-22-28-23(33)30(14-25(10-11-25)21(31)32)24(34)29(22)13-17-4-6-18(26)7-5-17/h4-9,12,15H,10-11,13-14H2,1-3H3,(H,31,32)(H,27,28,33). The number of carbonyl (C=O) groups is 1. The normalized spacial score (nSPS) is 14.1. The SMILES string of the molecule is Cc1cc(Nc2nc(=O)n(CC3(C(=O)O)CC3)c(=O)n2Cc2ccc(Cl)cc2)ccc1OC(C)C. The third kappa shape index (κ3) is 5.40. The second kappa shape index (κ2) is 9.58. The van der Waals surface area contributed by atoms with E-state index < -0.39 is 22.8 Å². The summed E-state index contributed by atoms with van der Waals surface area (Å²) < 4.78 is 8.02. The van der Waals surface area contributed by atoms with Crippen LogP contribution in [0.2, 0.25) is 5.02 Å². The van der Waals surface area contributed by atoms with E-state index in [0.29, 0.717) is 23.6 Å². The lowest BCUT2D eigenvalue weighted by Crippen LogP contribution is -2.45. The molecule has 0 radical (unpaired) electrons. The van der Waals surface area contributed by atoms with Crippen LogP contribution in [0.25, 0.3) is 0 Å². The Kier molecular flexibility index (Phi) is 6.71. The smallest absolute Gasteiger partial charge is 0.354 e. The molecular formula is C25H27ClN4O5. The minimum absolute atomic E-state index is 0.0203. The van der Waals surface area contributed by atoms with Crippen LogP contribution in [0.4, 0.5) is 11.6 Å². The number of rotatable bonds is 9. The summed E-state index contributed by atoms with van der Waals surface area (Å²) >= 11 is 5.99. The largest absolute Gasteiger partial charge is 0.491 e. The first-order valence-corrected chi connectivity index (χ1v) is 11.7. The predicted molar refractivity (Wildman–Crippen MR) is 133 cm³/mol. The number of nitrogens with one attached hydrogen (secondary N) is 1. The maximum atomic E-state index is 13.4. The molecule has 0 atom stereocenters. The highest BCUT2D eigenvalue weighted by Crippen LogP contribution is 2.46. The summed E-state index contributed by atoms with van der Waals surface area (Å²) in [5.41, 5.74) is -0.262. The number of hydrogen-bond donors (Lipinski definition) is 2. The molecule has 0 saturated heterocycles. The predicted octanol–water partition coefficient (Wildman–Crippen LogP) is 3.81. The number of ether oxygens (including phenoxy) is 1. The topological polar surface area (TPSA) is 115 Å². The summed E-state index contributed by atoms with van der Waals surface area (Å²) in [5.74, 6) is -0.228. The molecule has 1 heterocycles. The van der Waals surface area contributed by atoms with E-state index in [9.17, 15) is 19.5 Å². The van der Waals surface area contributed by atoms with Gasteiger partial charge >= 0.3 is 17.3 Å². The molecule has 2 N–H and O–H groups in total. The number of benzene rings is 2. The maximum Gasteiger partial charge on any atom is 0.354 e. The molecule has 0 bridgehead atoms. The summed E-state index contributed by atoms with van der Waals surface area (Å²) in [6, 6.07) is 12.4. The fraction of sp³-hybridized carbons (Fsp3) is 0.360. The third-order valence-electron chi connectivity index (χ3n) is 5.97. The number of anilines is 2. The Labute approximate surface area is 207 Å². The van der Waals surface area contributed by atoms with Crippen LogP contribution in [0.15, 0.2) is 52.1 Å². The molecule has 0 unspecified atom stereocenters. The van der Waals surface area contributed by atoms with Crippen LogP contribution in [-0.2, 0) is 17.9 Å². The van der Waals surface area contributed by atoms with Crippen LogP contribution in [0, 0.1) is 12.3 Å². The number of halogens is 1. The van der Waals surface area contributed by atoms with Crippen molar-refractivity contribution in [2.24, 2.45) is 5.41 Å². The molecule has 1 fully saturated rings. The van der Waals surface area contributed by atoms with Crippen molar-refractivity contribution < 1.29 is 14.6 Å². The van der Waals surface area contributed by atoms with Gasteiger partial charge in [0.25, 0.3) is 0 Å². The number of carboxylic acids is 1. The molecule has 184 valence electrons. The van der Waals surface area contributed by atoms with Crippen LogP contribution in [0.3, 0.4) is 0 Å². The van der Waals surface area contributed by atoms with E-state index in [0.717, 1.165) is 21.4 Å². The van der Waals surface area contributed by atoms with Crippen molar-refractivity contribution in [3.63, 3.8) is 0 Å². The van der Waals surface area contributed by atoms with Gasteiger partial charge in [-0.1, -0.05) is 23.7 Å². The van der Waals surface area contributed by atoms with Crippen LogP contribution >= 0.6 is 11.6 Å². The van der Waals surface area contributed by atoms with Crippen molar-refractivity contribution in [3.8, 4) is 5.75 Å². The Balaban J connectivity index is 1.75. The number of aryl methyl sites for hydroxylation is 1. The van der Waals surface area contributed by atoms with Crippen molar-refractivity contribution in [2.75, 3.05) is 5.32 Å². The molecular weight excluding hydrogens is 472 g/mol.